The first kappa shape index (κ1) is 19.2. The van der Waals surface area contributed by atoms with Crippen LogP contribution in [0.3, 0.4) is 0 Å². The van der Waals surface area contributed by atoms with Crippen LogP contribution >= 0.6 is 12.4 Å². The standard InChI is InChI=1S/C16H23N3O3S.ClH/c1-13-12-17-8-11-19(13)16(20)14-4-6-15(7-5-14)23(21,22)18-9-2-3-10-18;/h4-7,13,17H,2-3,8-12H2,1H3;1H/t13-;/m1./s1. The minimum absolute atomic E-state index is 0. The van der Waals surface area contributed by atoms with Gasteiger partial charge in [-0.2, -0.15) is 4.31 Å². The molecule has 0 saturated carbocycles. The number of amides is 1. The minimum atomic E-state index is -3.42. The number of benzene rings is 1. The molecule has 6 nitrogen and oxygen atoms in total. The number of carbonyl (C=O) groups excluding carboxylic acids is 1. The Kier molecular flexibility index (Phi) is 6.25. The third-order valence-corrected chi connectivity index (χ3v) is 6.48. The van der Waals surface area contributed by atoms with Crippen LogP contribution in [0.2, 0.25) is 0 Å². The van der Waals surface area contributed by atoms with Gasteiger partial charge in [0.15, 0.2) is 0 Å². The maximum absolute atomic E-state index is 12.6. The van der Waals surface area contributed by atoms with Crippen molar-refractivity contribution in [1.29, 1.82) is 0 Å². The lowest BCUT2D eigenvalue weighted by molar-refractivity contribution is 0.0655. The highest BCUT2D eigenvalue weighted by Crippen LogP contribution is 2.21. The quantitative estimate of drug-likeness (QED) is 0.867. The van der Waals surface area contributed by atoms with Gasteiger partial charge in [0.25, 0.3) is 5.91 Å². The van der Waals surface area contributed by atoms with Crippen LogP contribution in [-0.4, -0.2) is 62.3 Å². The minimum Gasteiger partial charge on any atom is -0.333 e. The lowest BCUT2D eigenvalue weighted by Gasteiger charge is -2.34. The summed E-state index contributed by atoms with van der Waals surface area (Å²) in [5, 5.41) is 3.25. The molecule has 1 aromatic carbocycles. The van der Waals surface area contributed by atoms with E-state index >= 15 is 0 Å². The number of nitrogens with one attached hydrogen (secondary N) is 1. The average Bonchev–Trinajstić information content (AvgIpc) is 3.10. The Labute approximate surface area is 149 Å². The monoisotopic (exact) mass is 373 g/mol. The van der Waals surface area contributed by atoms with E-state index < -0.39 is 10.0 Å². The molecule has 2 aliphatic heterocycles. The number of nitrogens with zero attached hydrogens (tertiary/aromatic N) is 2. The zero-order valence-electron chi connectivity index (χ0n) is 13.8. The van der Waals surface area contributed by atoms with Crippen molar-refractivity contribution in [3.05, 3.63) is 29.8 Å². The van der Waals surface area contributed by atoms with Crippen molar-refractivity contribution in [2.24, 2.45) is 0 Å². The van der Waals surface area contributed by atoms with E-state index in [0.717, 1.165) is 25.9 Å². The highest BCUT2D eigenvalue weighted by atomic mass is 35.5. The van der Waals surface area contributed by atoms with Crippen molar-refractivity contribution in [2.75, 3.05) is 32.7 Å². The molecule has 2 aliphatic rings. The summed E-state index contributed by atoms with van der Waals surface area (Å²) in [5.74, 6) is -0.0379. The lowest BCUT2D eigenvalue weighted by Crippen LogP contribution is -2.52. The molecule has 3 rings (SSSR count). The molecule has 2 fully saturated rings. The van der Waals surface area contributed by atoms with Crippen LogP contribution in [0.1, 0.15) is 30.1 Å². The molecule has 2 saturated heterocycles. The van der Waals surface area contributed by atoms with Crippen molar-refractivity contribution in [3.63, 3.8) is 0 Å². The Morgan fingerprint density at radius 3 is 2.33 bits per heavy atom. The zero-order valence-corrected chi connectivity index (χ0v) is 15.4. The average molecular weight is 374 g/mol. The highest BCUT2D eigenvalue weighted by Gasteiger charge is 2.28. The molecule has 8 heteroatoms. The summed E-state index contributed by atoms with van der Waals surface area (Å²) in [7, 11) is -3.42. The topological polar surface area (TPSA) is 69.7 Å². The first-order chi connectivity index (χ1) is 11.0. The van der Waals surface area contributed by atoms with Gasteiger partial charge >= 0.3 is 0 Å². The van der Waals surface area contributed by atoms with E-state index in [0.29, 0.717) is 25.2 Å². The maximum atomic E-state index is 12.6. The summed E-state index contributed by atoms with van der Waals surface area (Å²) in [4.78, 5) is 14.7. The molecule has 1 N–H and O–H groups in total. The van der Waals surface area contributed by atoms with E-state index in [1.54, 1.807) is 24.3 Å². The Morgan fingerprint density at radius 1 is 1.12 bits per heavy atom. The third-order valence-electron chi connectivity index (χ3n) is 4.57. The first-order valence-electron chi connectivity index (χ1n) is 8.12. The predicted molar refractivity (Wildman–Crippen MR) is 95.1 cm³/mol. The largest absolute Gasteiger partial charge is 0.333 e. The summed E-state index contributed by atoms with van der Waals surface area (Å²) in [6.07, 6.45) is 1.83. The molecule has 1 aromatic rings. The fourth-order valence-electron chi connectivity index (χ4n) is 3.16. The van der Waals surface area contributed by atoms with Gasteiger partial charge in [0.2, 0.25) is 10.0 Å². The summed E-state index contributed by atoms with van der Waals surface area (Å²) in [5.41, 5.74) is 0.541. The van der Waals surface area contributed by atoms with Crippen molar-refractivity contribution < 1.29 is 13.2 Å². The molecule has 1 atom stereocenters. The highest BCUT2D eigenvalue weighted by molar-refractivity contribution is 7.89. The van der Waals surface area contributed by atoms with Crippen molar-refractivity contribution >= 4 is 28.3 Å². The van der Waals surface area contributed by atoms with Gasteiger partial charge in [0.05, 0.1) is 4.90 Å². The lowest BCUT2D eigenvalue weighted by atomic mass is 10.1. The SMILES string of the molecule is C[C@@H]1CNCCN1C(=O)c1ccc(S(=O)(=O)N2CCCC2)cc1.Cl. The van der Waals surface area contributed by atoms with Gasteiger partial charge in [-0.15, -0.1) is 12.4 Å². The van der Waals surface area contributed by atoms with E-state index in [4.69, 9.17) is 0 Å². The number of piperazine rings is 1. The summed E-state index contributed by atoms with van der Waals surface area (Å²) < 4.78 is 26.5. The fraction of sp³-hybridized carbons (Fsp3) is 0.562. The molecule has 0 unspecified atom stereocenters. The summed E-state index contributed by atoms with van der Waals surface area (Å²) in [6.45, 7) is 5.43. The van der Waals surface area contributed by atoms with E-state index in [1.165, 1.54) is 4.31 Å². The van der Waals surface area contributed by atoms with Gasteiger partial charge in [-0.05, 0) is 44.0 Å². The smallest absolute Gasteiger partial charge is 0.254 e. The van der Waals surface area contributed by atoms with Gasteiger partial charge in [-0.25, -0.2) is 8.42 Å². The number of hydrogen-bond donors (Lipinski definition) is 1. The zero-order chi connectivity index (χ0) is 16.4. The summed E-state index contributed by atoms with van der Waals surface area (Å²) in [6, 6.07) is 6.49. The van der Waals surface area contributed by atoms with Crippen molar-refractivity contribution in [3.8, 4) is 0 Å². The molecule has 0 bridgehead atoms. The van der Waals surface area contributed by atoms with Crippen LogP contribution < -0.4 is 5.32 Å². The predicted octanol–water partition coefficient (Wildman–Crippen LogP) is 1.33. The number of carbonyl (C=O) groups is 1. The van der Waals surface area contributed by atoms with E-state index in [9.17, 15) is 13.2 Å². The Balaban J connectivity index is 0.00000208. The molecule has 134 valence electrons. The molecule has 1 amide bonds. The normalized spacial score (nSPS) is 22.2. The number of halogens is 1. The number of sulfonamides is 1. The second-order valence-electron chi connectivity index (χ2n) is 6.19. The molecule has 24 heavy (non-hydrogen) atoms. The van der Waals surface area contributed by atoms with E-state index in [1.807, 2.05) is 11.8 Å². The second-order valence-corrected chi connectivity index (χ2v) is 8.13. The van der Waals surface area contributed by atoms with Crippen LogP contribution in [0.4, 0.5) is 0 Å². The Morgan fingerprint density at radius 2 is 1.75 bits per heavy atom. The van der Waals surface area contributed by atoms with Crippen LogP contribution in [0, 0.1) is 0 Å². The molecular formula is C16H24ClN3O3S. The molecule has 0 spiro atoms. The molecule has 0 aromatic heterocycles. The number of hydrogen-bond acceptors (Lipinski definition) is 4. The fourth-order valence-corrected chi connectivity index (χ4v) is 4.67. The van der Waals surface area contributed by atoms with Crippen LogP contribution in [0.5, 0.6) is 0 Å². The van der Waals surface area contributed by atoms with E-state index in [-0.39, 0.29) is 29.3 Å². The molecular weight excluding hydrogens is 350 g/mol. The Bertz CT molecular complexity index is 672. The first-order valence-corrected chi connectivity index (χ1v) is 9.56. The molecule has 2 heterocycles. The third kappa shape index (κ3) is 3.74. The Hall–Kier alpha value is -1.15. The van der Waals surface area contributed by atoms with Gasteiger partial charge < -0.3 is 10.2 Å². The molecule has 0 aliphatic carbocycles. The number of rotatable bonds is 3. The van der Waals surface area contributed by atoms with Gasteiger partial charge in [-0.1, -0.05) is 0 Å². The van der Waals surface area contributed by atoms with Gasteiger partial charge in [0.1, 0.15) is 0 Å². The molecule has 0 radical (unpaired) electrons. The van der Waals surface area contributed by atoms with Crippen LogP contribution in [0.15, 0.2) is 29.2 Å². The van der Waals surface area contributed by atoms with Gasteiger partial charge in [-0.3, -0.25) is 4.79 Å². The van der Waals surface area contributed by atoms with E-state index in [2.05, 4.69) is 5.32 Å². The van der Waals surface area contributed by atoms with Crippen molar-refractivity contribution in [2.45, 2.75) is 30.7 Å². The second kappa shape index (κ2) is 7.82. The summed E-state index contributed by atoms with van der Waals surface area (Å²) >= 11 is 0. The maximum Gasteiger partial charge on any atom is 0.254 e. The van der Waals surface area contributed by atoms with Gasteiger partial charge in [0, 0.05) is 44.3 Å². The van der Waals surface area contributed by atoms with Crippen LogP contribution in [-0.2, 0) is 10.0 Å². The van der Waals surface area contributed by atoms with Crippen LogP contribution in [0.25, 0.3) is 0 Å². The van der Waals surface area contributed by atoms with Crippen molar-refractivity contribution in [1.82, 2.24) is 14.5 Å².